The Balaban J connectivity index is 1.44. The van der Waals surface area contributed by atoms with E-state index < -0.39 is 0 Å². The van der Waals surface area contributed by atoms with Crippen molar-refractivity contribution < 1.29 is 4.79 Å². The molecule has 1 fully saturated rings. The second-order valence-electron chi connectivity index (χ2n) is 7.05. The average molecular weight is 357 g/mol. The fraction of sp³-hybridized carbons (Fsp3) is 0.579. The molecule has 1 amide bonds. The summed E-state index contributed by atoms with van der Waals surface area (Å²) in [6.45, 7) is 1.47. The van der Waals surface area contributed by atoms with E-state index in [9.17, 15) is 9.59 Å². The summed E-state index contributed by atoms with van der Waals surface area (Å²) in [6.07, 6.45) is 7.48. The molecule has 0 radical (unpaired) electrons. The summed E-state index contributed by atoms with van der Waals surface area (Å²) in [5.41, 5.74) is 0.252. The van der Waals surface area contributed by atoms with Crippen LogP contribution in [-0.2, 0) is 11.3 Å². The molecular formula is C19H27N5O2. The SMILES string of the molecule is CN(CCCNC(=O)Cn1nnc2ccccc2c1=O)C1CCCCC1. The van der Waals surface area contributed by atoms with E-state index in [4.69, 9.17) is 0 Å². The number of carbonyl (C=O) groups excluding carboxylic acids is 1. The van der Waals surface area contributed by atoms with Crippen molar-refractivity contribution >= 4 is 16.8 Å². The Kier molecular flexibility index (Phi) is 6.33. The van der Waals surface area contributed by atoms with E-state index in [2.05, 4.69) is 27.6 Å². The predicted molar refractivity (Wildman–Crippen MR) is 101 cm³/mol. The molecule has 1 aromatic heterocycles. The molecular weight excluding hydrogens is 330 g/mol. The summed E-state index contributed by atoms with van der Waals surface area (Å²) >= 11 is 0. The highest BCUT2D eigenvalue weighted by atomic mass is 16.2. The third-order valence-electron chi connectivity index (χ3n) is 5.13. The molecule has 7 nitrogen and oxygen atoms in total. The van der Waals surface area contributed by atoms with Crippen molar-refractivity contribution in [3.63, 3.8) is 0 Å². The van der Waals surface area contributed by atoms with Crippen molar-refractivity contribution in [2.75, 3.05) is 20.1 Å². The molecule has 0 atom stereocenters. The zero-order valence-corrected chi connectivity index (χ0v) is 15.4. The maximum Gasteiger partial charge on any atom is 0.278 e. The van der Waals surface area contributed by atoms with Gasteiger partial charge in [0, 0.05) is 12.6 Å². The van der Waals surface area contributed by atoms with E-state index in [1.54, 1.807) is 24.3 Å². The molecule has 1 aliphatic rings. The molecule has 3 rings (SSSR count). The Morgan fingerprint density at radius 3 is 2.85 bits per heavy atom. The zero-order chi connectivity index (χ0) is 18.4. The molecule has 1 heterocycles. The van der Waals surface area contributed by atoms with Crippen molar-refractivity contribution in [3.05, 3.63) is 34.6 Å². The van der Waals surface area contributed by atoms with Crippen LogP contribution in [0.2, 0.25) is 0 Å². The number of fused-ring (bicyclic) bond motifs is 1. The van der Waals surface area contributed by atoms with Crippen molar-refractivity contribution in [2.24, 2.45) is 0 Å². The van der Waals surface area contributed by atoms with E-state index >= 15 is 0 Å². The Bertz CT molecular complexity index is 798. The predicted octanol–water partition coefficient (Wildman–Crippen LogP) is 1.56. The molecule has 0 saturated heterocycles. The monoisotopic (exact) mass is 357 g/mol. The third-order valence-corrected chi connectivity index (χ3v) is 5.13. The second kappa shape index (κ2) is 8.89. The van der Waals surface area contributed by atoms with E-state index in [0.29, 0.717) is 23.5 Å². The van der Waals surface area contributed by atoms with Gasteiger partial charge in [-0.15, -0.1) is 5.10 Å². The molecule has 0 unspecified atom stereocenters. The van der Waals surface area contributed by atoms with Crippen LogP contribution in [0.4, 0.5) is 0 Å². The average Bonchev–Trinajstić information content (AvgIpc) is 2.68. The molecule has 0 spiro atoms. The summed E-state index contributed by atoms with van der Waals surface area (Å²) in [7, 11) is 2.17. The topological polar surface area (TPSA) is 80.1 Å². The third kappa shape index (κ3) is 4.66. The van der Waals surface area contributed by atoms with Gasteiger partial charge >= 0.3 is 0 Å². The van der Waals surface area contributed by atoms with Gasteiger partial charge in [-0.3, -0.25) is 9.59 Å². The number of nitrogens with one attached hydrogen (secondary N) is 1. The number of carbonyl (C=O) groups is 1. The van der Waals surface area contributed by atoms with Crippen LogP contribution in [0.15, 0.2) is 29.1 Å². The number of hydrogen-bond acceptors (Lipinski definition) is 5. The Morgan fingerprint density at radius 1 is 1.27 bits per heavy atom. The van der Waals surface area contributed by atoms with Crippen LogP contribution in [0.25, 0.3) is 10.9 Å². The number of amides is 1. The lowest BCUT2D eigenvalue weighted by molar-refractivity contribution is -0.121. The molecule has 1 N–H and O–H groups in total. The lowest BCUT2D eigenvalue weighted by Gasteiger charge is -2.31. The molecule has 26 heavy (non-hydrogen) atoms. The normalized spacial score (nSPS) is 15.5. The number of nitrogens with zero attached hydrogens (tertiary/aromatic N) is 4. The van der Waals surface area contributed by atoms with Gasteiger partial charge in [-0.1, -0.05) is 36.6 Å². The maximum absolute atomic E-state index is 12.3. The van der Waals surface area contributed by atoms with Gasteiger partial charge in [-0.05, 0) is 45.0 Å². The van der Waals surface area contributed by atoms with Gasteiger partial charge in [-0.25, -0.2) is 4.68 Å². The minimum Gasteiger partial charge on any atom is -0.354 e. The highest BCUT2D eigenvalue weighted by molar-refractivity contribution is 5.78. The number of aromatic nitrogens is 3. The van der Waals surface area contributed by atoms with Gasteiger partial charge in [0.15, 0.2) is 0 Å². The number of hydrogen-bond donors (Lipinski definition) is 1. The maximum atomic E-state index is 12.3. The van der Waals surface area contributed by atoms with Gasteiger partial charge in [-0.2, -0.15) is 0 Å². The summed E-state index contributed by atoms with van der Waals surface area (Å²) in [6, 6.07) is 7.70. The van der Waals surface area contributed by atoms with Crippen LogP contribution in [-0.4, -0.2) is 52.0 Å². The van der Waals surface area contributed by atoms with Crippen LogP contribution in [0.3, 0.4) is 0 Å². The lowest BCUT2D eigenvalue weighted by atomic mass is 9.94. The van der Waals surface area contributed by atoms with Gasteiger partial charge in [0.25, 0.3) is 5.56 Å². The smallest absolute Gasteiger partial charge is 0.278 e. The van der Waals surface area contributed by atoms with Gasteiger partial charge < -0.3 is 10.2 Å². The Labute approximate surface area is 153 Å². The summed E-state index contributed by atoms with van der Waals surface area (Å²) in [4.78, 5) is 26.8. The molecule has 0 bridgehead atoms. The molecule has 140 valence electrons. The largest absolute Gasteiger partial charge is 0.354 e. The molecule has 1 aromatic carbocycles. The quantitative estimate of drug-likeness (QED) is 0.761. The van der Waals surface area contributed by atoms with E-state index in [1.165, 1.54) is 32.1 Å². The van der Waals surface area contributed by atoms with Crippen molar-refractivity contribution in [1.29, 1.82) is 0 Å². The van der Waals surface area contributed by atoms with Gasteiger partial charge in [0.1, 0.15) is 12.1 Å². The minimum absolute atomic E-state index is 0.102. The fourth-order valence-electron chi connectivity index (χ4n) is 3.58. The number of benzene rings is 1. The molecule has 1 saturated carbocycles. The van der Waals surface area contributed by atoms with Crippen LogP contribution < -0.4 is 10.9 Å². The Hall–Kier alpha value is -2.28. The lowest BCUT2D eigenvalue weighted by Crippen LogP contribution is -2.37. The highest BCUT2D eigenvalue weighted by Gasteiger charge is 2.17. The summed E-state index contributed by atoms with van der Waals surface area (Å²) in [5, 5.41) is 11.2. The van der Waals surface area contributed by atoms with Crippen LogP contribution in [0, 0.1) is 0 Å². The van der Waals surface area contributed by atoms with E-state index in [-0.39, 0.29) is 18.0 Å². The van der Waals surface area contributed by atoms with Gasteiger partial charge in [0.2, 0.25) is 5.91 Å². The van der Waals surface area contributed by atoms with Crippen LogP contribution in [0.1, 0.15) is 38.5 Å². The summed E-state index contributed by atoms with van der Waals surface area (Å²) in [5.74, 6) is -0.211. The van der Waals surface area contributed by atoms with Crippen molar-refractivity contribution in [3.8, 4) is 0 Å². The minimum atomic E-state index is -0.289. The second-order valence-corrected chi connectivity index (χ2v) is 7.05. The van der Waals surface area contributed by atoms with Crippen LogP contribution >= 0.6 is 0 Å². The first-order chi connectivity index (χ1) is 12.6. The van der Waals surface area contributed by atoms with Crippen molar-refractivity contribution in [1.82, 2.24) is 25.2 Å². The molecule has 2 aromatic rings. The van der Waals surface area contributed by atoms with Crippen molar-refractivity contribution in [2.45, 2.75) is 51.1 Å². The zero-order valence-electron chi connectivity index (χ0n) is 15.4. The summed E-state index contributed by atoms with van der Waals surface area (Å²) < 4.78 is 1.12. The first kappa shape index (κ1) is 18.5. The van der Waals surface area contributed by atoms with E-state index in [1.807, 2.05) is 0 Å². The molecule has 1 aliphatic carbocycles. The first-order valence-electron chi connectivity index (χ1n) is 9.44. The standard InChI is InChI=1S/C19H27N5O2/c1-23(15-8-3-2-4-9-15)13-7-12-20-18(25)14-24-19(26)16-10-5-6-11-17(16)21-22-24/h5-6,10-11,15H,2-4,7-9,12-14H2,1H3,(H,20,25). The molecule has 7 heteroatoms. The van der Waals surface area contributed by atoms with E-state index in [0.717, 1.165) is 17.6 Å². The molecule has 0 aliphatic heterocycles. The number of rotatable bonds is 7. The Morgan fingerprint density at radius 2 is 2.04 bits per heavy atom. The van der Waals surface area contributed by atoms with Crippen LogP contribution in [0.5, 0.6) is 0 Å². The first-order valence-corrected chi connectivity index (χ1v) is 9.44. The highest BCUT2D eigenvalue weighted by Crippen LogP contribution is 2.21. The fourth-order valence-corrected chi connectivity index (χ4v) is 3.58. The van der Waals surface area contributed by atoms with Gasteiger partial charge in [0.05, 0.1) is 5.39 Å².